The van der Waals surface area contributed by atoms with Gasteiger partial charge in [-0.15, -0.1) is 0 Å². The van der Waals surface area contributed by atoms with Gasteiger partial charge in [-0.05, 0) is 108 Å². The number of para-hydroxylation sites is 1. The molecule has 8 aromatic rings. The summed E-state index contributed by atoms with van der Waals surface area (Å²) in [5.41, 5.74) is 11.5. The number of fused-ring (bicyclic) bond motifs is 7. The summed E-state index contributed by atoms with van der Waals surface area (Å²) < 4.78 is 0. The number of nitrogens with zero attached hydrogens (tertiary/aromatic N) is 1. The Bertz CT molecular complexity index is 2370. The molecule has 1 heteroatoms. The summed E-state index contributed by atoms with van der Waals surface area (Å²) in [6, 6.07) is 60.4. The van der Waals surface area contributed by atoms with Crippen molar-refractivity contribution < 1.29 is 0 Å². The third-order valence-electron chi connectivity index (χ3n) is 9.76. The van der Waals surface area contributed by atoms with Crippen molar-refractivity contribution in [2.45, 2.75) is 12.8 Å². The molecule has 0 saturated carbocycles. The molecule has 1 nitrogen and oxygen atoms in total. The maximum absolute atomic E-state index is 2.48. The Hall–Kier alpha value is -5.66. The van der Waals surface area contributed by atoms with Crippen LogP contribution in [0.2, 0.25) is 0 Å². The van der Waals surface area contributed by atoms with E-state index in [-0.39, 0.29) is 0 Å². The normalized spacial score (nSPS) is 12.9. The highest BCUT2D eigenvalue weighted by Crippen LogP contribution is 2.49. The van der Waals surface area contributed by atoms with Gasteiger partial charge >= 0.3 is 0 Å². The first-order valence-electron chi connectivity index (χ1n) is 16.3. The second kappa shape index (κ2) is 11.1. The summed E-state index contributed by atoms with van der Waals surface area (Å²) >= 11 is 0. The first-order chi connectivity index (χ1) is 22.8. The quantitative estimate of drug-likeness (QED) is 0.185. The minimum absolute atomic E-state index is 1.04. The minimum atomic E-state index is 1.04. The Labute approximate surface area is 270 Å². The van der Waals surface area contributed by atoms with Crippen molar-refractivity contribution in [1.82, 2.24) is 0 Å². The average molecular weight is 588 g/mol. The fraction of sp³-hybridized carbons (Fsp3) is 0.0667. The molecule has 0 amide bonds. The molecule has 9 rings (SSSR count). The lowest BCUT2D eigenvalue weighted by Crippen LogP contribution is -2.24. The molecule has 0 spiro atoms. The average Bonchev–Trinajstić information content (AvgIpc) is 3.15. The number of aryl methyl sites for hydroxylation is 1. The van der Waals surface area contributed by atoms with E-state index in [2.05, 4.69) is 169 Å². The van der Waals surface area contributed by atoms with Crippen molar-refractivity contribution in [2.24, 2.45) is 0 Å². The molecule has 1 aliphatic rings. The molecule has 218 valence electrons. The Kier molecular flexibility index (Phi) is 6.42. The van der Waals surface area contributed by atoms with Gasteiger partial charge in [0.15, 0.2) is 0 Å². The molecular weight excluding hydrogens is 555 g/mol. The van der Waals surface area contributed by atoms with Crippen LogP contribution in [-0.4, -0.2) is 6.54 Å². The Morgan fingerprint density at radius 3 is 1.65 bits per heavy atom. The molecular formula is C45H33N. The van der Waals surface area contributed by atoms with Gasteiger partial charge in [0, 0.05) is 17.9 Å². The first kappa shape index (κ1) is 26.7. The SMILES string of the molecule is c1ccc(-c2cc(-c3ccc(N4CCCc5ccccc54)cc3)c3c4ccccc4c4ccccc4c3c2-c2ccccc2)cc1. The molecule has 1 aliphatic heterocycles. The van der Waals surface area contributed by atoms with E-state index in [1.807, 2.05) is 0 Å². The number of hydrogen-bond donors (Lipinski definition) is 0. The third-order valence-corrected chi connectivity index (χ3v) is 9.76. The van der Waals surface area contributed by atoms with Crippen molar-refractivity contribution in [1.29, 1.82) is 0 Å². The zero-order valence-corrected chi connectivity index (χ0v) is 25.7. The number of hydrogen-bond acceptors (Lipinski definition) is 1. The molecule has 0 radical (unpaired) electrons. The van der Waals surface area contributed by atoms with Crippen LogP contribution in [0.5, 0.6) is 0 Å². The Morgan fingerprint density at radius 2 is 0.957 bits per heavy atom. The largest absolute Gasteiger partial charge is 0.341 e. The van der Waals surface area contributed by atoms with E-state index in [9.17, 15) is 0 Å². The van der Waals surface area contributed by atoms with E-state index in [0.29, 0.717) is 0 Å². The van der Waals surface area contributed by atoms with Crippen LogP contribution in [-0.2, 0) is 6.42 Å². The fourth-order valence-electron chi connectivity index (χ4n) is 7.70. The summed E-state index contributed by atoms with van der Waals surface area (Å²) in [6.45, 7) is 1.04. The van der Waals surface area contributed by atoms with Crippen LogP contribution in [0, 0.1) is 0 Å². The van der Waals surface area contributed by atoms with E-state index < -0.39 is 0 Å². The summed E-state index contributed by atoms with van der Waals surface area (Å²) in [5, 5.41) is 7.78. The monoisotopic (exact) mass is 587 g/mol. The number of rotatable bonds is 4. The summed E-state index contributed by atoms with van der Waals surface area (Å²) in [5.74, 6) is 0. The Balaban J connectivity index is 1.38. The van der Waals surface area contributed by atoms with Gasteiger partial charge in [-0.1, -0.05) is 140 Å². The summed E-state index contributed by atoms with van der Waals surface area (Å²) in [4.78, 5) is 2.48. The second-order valence-corrected chi connectivity index (χ2v) is 12.4. The maximum Gasteiger partial charge on any atom is 0.0443 e. The van der Waals surface area contributed by atoms with Crippen molar-refractivity contribution in [3.8, 4) is 33.4 Å². The fourth-order valence-corrected chi connectivity index (χ4v) is 7.70. The van der Waals surface area contributed by atoms with Gasteiger partial charge in [-0.2, -0.15) is 0 Å². The smallest absolute Gasteiger partial charge is 0.0443 e. The maximum atomic E-state index is 2.48. The van der Waals surface area contributed by atoms with Crippen molar-refractivity contribution in [3.63, 3.8) is 0 Å². The summed E-state index contributed by atoms with van der Waals surface area (Å²) in [6.07, 6.45) is 2.32. The van der Waals surface area contributed by atoms with Crippen LogP contribution in [0.4, 0.5) is 11.4 Å². The van der Waals surface area contributed by atoms with Gasteiger partial charge in [0.25, 0.3) is 0 Å². The van der Waals surface area contributed by atoms with Crippen molar-refractivity contribution in [2.75, 3.05) is 11.4 Å². The van der Waals surface area contributed by atoms with Crippen LogP contribution in [0.1, 0.15) is 12.0 Å². The van der Waals surface area contributed by atoms with Gasteiger partial charge in [0.1, 0.15) is 0 Å². The highest BCUT2D eigenvalue weighted by atomic mass is 15.1. The van der Waals surface area contributed by atoms with Crippen LogP contribution >= 0.6 is 0 Å². The van der Waals surface area contributed by atoms with E-state index in [1.165, 1.54) is 89.1 Å². The zero-order valence-electron chi connectivity index (χ0n) is 25.7. The van der Waals surface area contributed by atoms with Gasteiger partial charge in [-0.3, -0.25) is 0 Å². The van der Waals surface area contributed by atoms with Crippen LogP contribution in [0.3, 0.4) is 0 Å². The zero-order chi connectivity index (χ0) is 30.5. The first-order valence-corrected chi connectivity index (χ1v) is 16.3. The lowest BCUT2D eigenvalue weighted by molar-refractivity contribution is 0.767. The molecule has 0 N–H and O–H groups in total. The molecule has 0 aliphatic carbocycles. The molecule has 0 atom stereocenters. The lowest BCUT2D eigenvalue weighted by Gasteiger charge is -2.31. The predicted molar refractivity (Wildman–Crippen MR) is 197 cm³/mol. The predicted octanol–water partition coefficient (Wildman–Crippen LogP) is 12.2. The molecule has 0 aromatic heterocycles. The molecule has 0 unspecified atom stereocenters. The van der Waals surface area contributed by atoms with Crippen LogP contribution < -0.4 is 4.90 Å². The second-order valence-electron chi connectivity index (χ2n) is 12.4. The van der Waals surface area contributed by atoms with Gasteiger partial charge in [0.2, 0.25) is 0 Å². The van der Waals surface area contributed by atoms with Gasteiger partial charge < -0.3 is 4.90 Å². The van der Waals surface area contributed by atoms with E-state index in [0.717, 1.165) is 13.0 Å². The van der Waals surface area contributed by atoms with E-state index in [4.69, 9.17) is 0 Å². The molecule has 0 fully saturated rings. The highest BCUT2D eigenvalue weighted by molar-refractivity contribution is 6.32. The standard InChI is InChI=1S/C45H33N/c1-3-14-31(15-4-1)40-30-41(32-25-27-35(28-26-32)46-29-13-19-33-16-7-12-24-42(33)46)44-38-22-10-8-20-36(38)37-21-9-11-23-39(37)45(44)43(40)34-17-5-2-6-18-34/h1-12,14-18,20-28,30H,13,19,29H2. The Morgan fingerprint density at radius 1 is 0.413 bits per heavy atom. The number of anilines is 2. The molecule has 8 aromatic carbocycles. The molecule has 46 heavy (non-hydrogen) atoms. The minimum Gasteiger partial charge on any atom is -0.341 e. The van der Waals surface area contributed by atoms with Gasteiger partial charge in [0.05, 0.1) is 0 Å². The van der Waals surface area contributed by atoms with Crippen LogP contribution in [0.25, 0.3) is 65.7 Å². The van der Waals surface area contributed by atoms with Crippen molar-refractivity contribution >= 4 is 43.7 Å². The topological polar surface area (TPSA) is 3.24 Å². The van der Waals surface area contributed by atoms with E-state index >= 15 is 0 Å². The molecule has 1 heterocycles. The lowest BCUT2D eigenvalue weighted by atomic mass is 9.81. The van der Waals surface area contributed by atoms with E-state index in [1.54, 1.807) is 0 Å². The molecule has 0 bridgehead atoms. The van der Waals surface area contributed by atoms with Crippen LogP contribution in [0.15, 0.2) is 164 Å². The molecule has 0 saturated heterocycles. The number of benzene rings is 8. The summed E-state index contributed by atoms with van der Waals surface area (Å²) in [7, 11) is 0. The highest BCUT2D eigenvalue weighted by Gasteiger charge is 2.22. The third kappa shape index (κ3) is 4.31. The van der Waals surface area contributed by atoms with Crippen molar-refractivity contribution in [3.05, 3.63) is 169 Å². The van der Waals surface area contributed by atoms with Gasteiger partial charge in [-0.25, -0.2) is 0 Å².